The SMILES string of the molecule is CC(C)(C)c1ccnc(-n2c3ccc(C4CCCCC4)cc3c3ccc(Oc4cccc(-n5[c](=[Pt])n(-c6c7c(cc8c6C6(CCc9ccccc96)CC8)CCC76CCc7ccccc76)c6ccccc65)c4)cc32)c1. The number of imidazole rings is 1. The van der Waals surface area contributed by atoms with E-state index >= 15 is 0 Å². The number of benzene rings is 7. The van der Waals surface area contributed by atoms with Crippen LogP contribution < -0.4 is 4.74 Å². The first kappa shape index (κ1) is 44.9. The van der Waals surface area contributed by atoms with E-state index in [1.54, 1.807) is 33.4 Å². The minimum absolute atomic E-state index is 0.0120. The van der Waals surface area contributed by atoms with Crippen molar-refractivity contribution < 1.29 is 24.1 Å². The van der Waals surface area contributed by atoms with Gasteiger partial charge in [0.05, 0.1) is 0 Å². The molecule has 3 aromatic heterocycles. The second-order valence-electron chi connectivity index (χ2n) is 23.6. The summed E-state index contributed by atoms with van der Waals surface area (Å²) in [6.07, 6.45) is 17.7. The number of pyridine rings is 1. The third-order valence-corrected chi connectivity index (χ3v) is 19.7. The monoisotopic (exact) mass is 1150 g/mol. The van der Waals surface area contributed by atoms with Crippen LogP contribution in [-0.2, 0) is 61.3 Å². The van der Waals surface area contributed by atoms with Gasteiger partial charge in [-0.25, -0.2) is 0 Å². The Bertz CT molecular complexity index is 3940. The molecule has 0 radical (unpaired) electrons. The van der Waals surface area contributed by atoms with Crippen LogP contribution in [0.2, 0.25) is 0 Å². The van der Waals surface area contributed by atoms with Gasteiger partial charge in [-0.3, -0.25) is 0 Å². The summed E-state index contributed by atoms with van der Waals surface area (Å²) in [5.74, 6) is 3.17. The average Bonchev–Trinajstić information content (AvgIpc) is 4.41. The maximum absolute atomic E-state index is 7.03. The molecule has 5 aliphatic rings. The van der Waals surface area contributed by atoms with Crippen molar-refractivity contribution in [3.05, 3.63) is 217 Å². The van der Waals surface area contributed by atoms with Crippen molar-refractivity contribution in [2.45, 2.75) is 126 Å². The van der Waals surface area contributed by atoms with Crippen molar-refractivity contribution in [2.75, 3.05) is 0 Å². The Balaban J connectivity index is 0.888. The number of ether oxygens (including phenoxy) is 1. The van der Waals surface area contributed by atoms with Crippen molar-refractivity contribution in [1.29, 1.82) is 0 Å². The quantitative estimate of drug-likeness (QED) is 0.166. The zero-order chi connectivity index (χ0) is 49.5. The molecule has 15 rings (SSSR count). The molecule has 1 saturated carbocycles. The zero-order valence-corrected chi connectivity index (χ0v) is 45.1. The van der Waals surface area contributed by atoms with E-state index in [1.807, 2.05) is 6.20 Å². The summed E-state index contributed by atoms with van der Waals surface area (Å²) in [4.78, 5) is 5.04. The zero-order valence-electron chi connectivity index (χ0n) is 42.8. The third kappa shape index (κ3) is 6.63. The van der Waals surface area contributed by atoms with Crippen molar-refractivity contribution >= 4 is 32.8 Å². The third-order valence-electron chi connectivity index (χ3n) is 18.7. The second-order valence-corrected chi connectivity index (χ2v) is 24.6. The van der Waals surface area contributed by atoms with E-state index in [9.17, 15) is 0 Å². The van der Waals surface area contributed by atoms with Gasteiger partial charge in [-0.05, 0) is 41.4 Å². The van der Waals surface area contributed by atoms with E-state index in [-0.39, 0.29) is 16.2 Å². The van der Waals surface area contributed by atoms with Gasteiger partial charge < -0.3 is 0 Å². The molecule has 7 aromatic carbocycles. The first-order valence-corrected chi connectivity index (χ1v) is 28.7. The molecule has 370 valence electrons. The van der Waals surface area contributed by atoms with Gasteiger partial charge in [0.15, 0.2) is 0 Å². The normalized spacial score (nSPS) is 20.1. The van der Waals surface area contributed by atoms with Gasteiger partial charge >= 0.3 is 354 Å². The van der Waals surface area contributed by atoms with E-state index in [2.05, 4.69) is 205 Å². The van der Waals surface area contributed by atoms with Gasteiger partial charge in [-0.2, -0.15) is 0 Å². The van der Waals surface area contributed by atoms with Crippen LogP contribution in [-0.4, -0.2) is 18.7 Å². The summed E-state index contributed by atoms with van der Waals surface area (Å²) in [6.45, 7) is 6.83. The number of para-hydroxylation sites is 2. The molecule has 0 aliphatic heterocycles. The molecule has 0 amide bonds. The van der Waals surface area contributed by atoms with Crippen molar-refractivity contribution in [2.24, 2.45) is 0 Å². The number of hydrogen-bond acceptors (Lipinski definition) is 2. The van der Waals surface area contributed by atoms with Crippen LogP contribution in [0.1, 0.15) is 140 Å². The molecule has 2 atom stereocenters. The Morgan fingerprint density at radius 3 is 1.85 bits per heavy atom. The predicted octanol–water partition coefficient (Wildman–Crippen LogP) is 16.5. The molecule has 1 fully saturated rings. The number of hydrogen-bond donors (Lipinski definition) is 0. The Kier molecular flexibility index (Phi) is 10.1. The fraction of sp³-hybridized carbons (Fsp3) is 0.294. The molecular weight excluding hydrogens is 1080 g/mol. The van der Waals surface area contributed by atoms with Gasteiger partial charge in [0.25, 0.3) is 0 Å². The molecule has 5 aliphatic carbocycles. The molecule has 0 N–H and O–H groups in total. The average molecular weight is 1150 g/mol. The standard InChI is InChI=1S/C68H62N4O.Pt/c1-66(2,3)50-32-37-69-62(40-50)72-58-27-24-47(44-14-5-4-6-15-44)39-55(58)54-26-25-53(42-61(54)72)73-52-19-13-18-51(41-52)70-43-71(60-23-12-11-22-59(60)70)65-63-48(30-35-67(63)33-28-45-16-7-9-20-56(45)67)38-49-31-36-68(64(49)65)34-29-46-17-8-10-21-57(46)68;/h7-13,16-27,32,37-42,44H,4-6,14-15,28-31,33-36H2,1-3H3;. The van der Waals surface area contributed by atoms with Gasteiger partial charge in [0.1, 0.15) is 0 Å². The number of aryl methyl sites for hydroxylation is 4. The molecule has 3 heterocycles. The van der Waals surface area contributed by atoms with Crippen LogP contribution in [0.5, 0.6) is 11.5 Å². The molecule has 0 bridgehead atoms. The summed E-state index contributed by atoms with van der Waals surface area (Å²) in [5.41, 5.74) is 22.5. The second kappa shape index (κ2) is 16.7. The molecule has 2 unspecified atom stereocenters. The topological polar surface area (TPSA) is 36.9 Å². The Morgan fingerprint density at radius 1 is 0.527 bits per heavy atom. The fourth-order valence-corrected chi connectivity index (χ4v) is 16.3. The number of fused-ring (bicyclic) bond motifs is 12. The van der Waals surface area contributed by atoms with Crippen LogP contribution in [0.4, 0.5) is 0 Å². The van der Waals surface area contributed by atoms with E-state index in [4.69, 9.17) is 9.72 Å². The molecule has 5 nitrogen and oxygen atoms in total. The summed E-state index contributed by atoms with van der Waals surface area (Å²) in [5, 5.41) is 2.51. The van der Waals surface area contributed by atoms with Crippen molar-refractivity contribution in [1.82, 2.24) is 18.7 Å². The van der Waals surface area contributed by atoms with E-state index in [0.717, 1.165) is 67.0 Å². The molecule has 2 spiro atoms. The molecule has 6 heteroatoms. The predicted molar refractivity (Wildman–Crippen MR) is 297 cm³/mol. The number of rotatable bonds is 6. The van der Waals surface area contributed by atoms with Gasteiger partial charge in [-0.1, -0.05) is 46.1 Å². The van der Waals surface area contributed by atoms with Gasteiger partial charge in [-0.15, -0.1) is 0 Å². The van der Waals surface area contributed by atoms with Crippen LogP contribution in [0.15, 0.2) is 158 Å². The molecule has 74 heavy (non-hydrogen) atoms. The first-order chi connectivity index (χ1) is 36.2. The van der Waals surface area contributed by atoms with Gasteiger partial charge in [0, 0.05) is 6.20 Å². The minimum atomic E-state index is -0.0125. The fourth-order valence-electron chi connectivity index (χ4n) is 15.2. The molecular formula is C68H62N4OPt. The van der Waals surface area contributed by atoms with Crippen molar-refractivity contribution in [3.8, 4) is 28.7 Å². The molecule has 0 saturated heterocycles. The van der Waals surface area contributed by atoms with Crippen LogP contribution >= 0.6 is 0 Å². The maximum atomic E-state index is 7.03. The van der Waals surface area contributed by atoms with E-state index < -0.39 is 0 Å². The first-order valence-electron chi connectivity index (χ1n) is 27.6. The number of aromatic nitrogens is 4. The van der Waals surface area contributed by atoms with E-state index in [1.165, 1.54) is 104 Å². The summed E-state index contributed by atoms with van der Waals surface area (Å²) in [6, 6.07) is 57.7. The van der Waals surface area contributed by atoms with Crippen LogP contribution in [0.3, 0.4) is 0 Å². The summed E-state index contributed by atoms with van der Waals surface area (Å²) >= 11 is 2.67. The molecule has 10 aromatic rings. The Labute approximate surface area is 445 Å². The number of nitrogens with zero attached hydrogens (tertiary/aromatic N) is 4. The summed E-state index contributed by atoms with van der Waals surface area (Å²) < 4.78 is 15.8. The van der Waals surface area contributed by atoms with Crippen LogP contribution in [0.25, 0.3) is 50.0 Å². The summed E-state index contributed by atoms with van der Waals surface area (Å²) in [7, 11) is 0. The van der Waals surface area contributed by atoms with Gasteiger partial charge in [0.2, 0.25) is 0 Å². The Hall–Kier alpha value is -6.55. The Morgan fingerprint density at radius 2 is 1.16 bits per heavy atom. The van der Waals surface area contributed by atoms with E-state index in [0.29, 0.717) is 5.92 Å². The van der Waals surface area contributed by atoms with Crippen LogP contribution in [0, 0.1) is 3.80 Å². The van der Waals surface area contributed by atoms with Crippen molar-refractivity contribution in [3.63, 3.8) is 0 Å².